The molecule has 2 aliphatic carbocycles. The molecule has 1 spiro atoms. The molecule has 256 valence electrons. The summed E-state index contributed by atoms with van der Waals surface area (Å²) in [4.78, 5) is 9.96. The predicted octanol–water partition coefficient (Wildman–Crippen LogP) is 13.1. The van der Waals surface area contributed by atoms with Crippen LogP contribution < -0.4 is 0 Å². The van der Waals surface area contributed by atoms with Gasteiger partial charge in [0.05, 0.1) is 23.0 Å². The van der Waals surface area contributed by atoms with Gasteiger partial charge >= 0.3 is 0 Å². The highest BCUT2D eigenvalue weighted by Crippen LogP contribution is 2.56. The normalized spacial score (nSPS) is 14.1. The molecule has 1 saturated carbocycles. The summed E-state index contributed by atoms with van der Waals surface area (Å²) in [5, 5.41) is 12.2. The van der Waals surface area contributed by atoms with E-state index in [4.69, 9.17) is 9.97 Å². The molecule has 1 fully saturated rings. The average Bonchev–Trinajstić information content (AvgIpc) is 3.51. The Morgan fingerprint density at radius 2 is 0.926 bits per heavy atom. The molecule has 0 N–H and O–H groups in total. The Balaban J connectivity index is 0.958. The molecule has 54 heavy (non-hydrogen) atoms. The minimum Gasteiger partial charge on any atom is -0.228 e. The van der Waals surface area contributed by atoms with Crippen molar-refractivity contribution in [3.8, 4) is 73.4 Å². The van der Waals surface area contributed by atoms with Crippen molar-refractivity contribution in [3.05, 3.63) is 180 Å². The molecular formula is C51H37N3. The second-order valence-corrected chi connectivity index (χ2v) is 14.8. The van der Waals surface area contributed by atoms with Gasteiger partial charge in [0.15, 0.2) is 5.82 Å². The van der Waals surface area contributed by atoms with Crippen LogP contribution in [0.15, 0.2) is 164 Å². The molecular weight excluding hydrogens is 655 g/mol. The number of hydrogen-bond acceptors (Lipinski definition) is 3. The molecule has 0 saturated heterocycles. The van der Waals surface area contributed by atoms with E-state index in [0.717, 1.165) is 52.3 Å². The highest BCUT2D eigenvalue weighted by molar-refractivity contribution is 5.92. The quantitative estimate of drug-likeness (QED) is 0.180. The first kappa shape index (κ1) is 32.1. The van der Waals surface area contributed by atoms with Gasteiger partial charge in [-0.1, -0.05) is 147 Å². The number of hydrogen-bond donors (Lipinski definition) is 0. The summed E-state index contributed by atoms with van der Waals surface area (Å²) in [7, 11) is 0. The van der Waals surface area contributed by atoms with E-state index in [-0.39, 0.29) is 5.41 Å². The van der Waals surface area contributed by atoms with E-state index in [1.165, 1.54) is 74.5 Å². The molecule has 0 bridgehead atoms. The molecule has 7 aromatic carbocycles. The lowest BCUT2D eigenvalue weighted by atomic mass is 9.67. The van der Waals surface area contributed by atoms with Crippen molar-refractivity contribution in [3.63, 3.8) is 0 Å². The van der Waals surface area contributed by atoms with Crippen LogP contribution in [0.2, 0.25) is 0 Å². The first-order valence-electron chi connectivity index (χ1n) is 19.0. The van der Waals surface area contributed by atoms with Gasteiger partial charge in [-0.3, -0.25) is 0 Å². The topological polar surface area (TPSA) is 49.6 Å². The van der Waals surface area contributed by atoms with Crippen LogP contribution in [0.4, 0.5) is 0 Å². The smallest absolute Gasteiger partial charge is 0.160 e. The zero-order chi connectivity index (χ0) is 36.1. The number of benzene rings is 7. The molecule has 8 aromatic rings. The first-order chi connectivity index (χ1) is 26.6. The van der Waals surface area contributed by atoms with Crippen LogP contribution in [0, 0.1) is 11.3 Å². The Hall–Kier alpha value is -6.63. The van der Waals surface area contributed by atoms with E-state index in [1.54, 1.807) is 0 Å². The lowest BCUT2D eigenvalue weighted by Gasteiger charge is -2.36. The number of nitriles is 1. The van der Waals surface area contributed by atoms with Gasteiger partial charge in [0.2, 0.25) is 0 Å². The summed E-state index contributed by atoms with van der Waals surface area (Å²) in [6.45, 7) is 0. The van der Waals surface area contributed by atoms with Gasteiger partial charge in [0, 0.05) is 22.1 Å². The third-order valence-electron chi connectivity index (χ3n) is 11.7. The second kappa shape index (κ2) is 13.1. The molecule has 1 aromatic heterocycles. The Kier molecular flexibility index (Phi) is 7.77. The number of rotatable bonds is 5. The van der Waals surface area contributed by atoms with Gasteiger partial charge in [0.1, 0.15) is 0 Å². The summed E-state index contributed by atoms with van der Waals surface area (Å²) in [5.74, 6) is 0.720. The fourth-order valence-electron chi connectivity index (χ4n) is 8.94. The van der Waals surface area contributed by atoms with Crippen molar-refractivity contribution in [1.29, 1.82) is 5.26 Å². The highest BCUT2D eigenvalue weighted by Gasteiger charge is 2.44. The predicted molar refractivity (Wildman–Crippen MR) is 221 cm³/mol. The van der Waals surface area contributed by atoms with E-state index >= 15 is 0 Å². The van der Waals surface area contributed by atoms with Crippen molar-refractivity contribution in [1.82, 2.24) is 9.97 Å². The number of nitrogens with zero attached hydrogens (tertiary/aromatic N) is 3. The molecule has 0 unspecified atom stereocenters. The molecule has 0 radical (unpaired) electrons. The van der Waals surface area contributed by atoms with Gasteiger partial charge in [0.25, 0.3) is 0 Å². The molecule has 2 aliphatic rings. The van der Waals surface area contributed by atoms with E-state index in [9.17, 15) is 5.26 Å². The Bertz CT molecular complexity index is 2680. The fourth-order valence-corrected chi connectivity index (χ4v) is 8.94. The van der Waals surface area contributed by atoms with Gasteiger partial charge in [-0.05, 0) is 105 Å². The van der Waals surface area contributed by atoms with Crippen LogP contribution in [0.3, 0.4) is 0 Å². The third kappa shape index (κ3) is 5.51. The lowest BCUT2D eigenvalue weighted by molar-refractivity contribution is 0.353. The lowest BCUT2D eigenvalue weighted by Crippen LogP contribution is -2.28. The molecule has 0 amide bonds. The summed E-state index contributed by atoms with van der Waals surface area (Å²) in [5.41, 5.74) is 16.0. The van der Waals surface area contributed by atoms with E-state index < -0.39 is 0 Å². The third-order valence-corrected chi connectivity index (χ3v) is 11.7. The van der Waals surface area contributed by atoms with E-state index in [2.05, 4.69) is 127 Å². The zero-order valence-electron chi connectivity index (χ0n) is 30.0. The van der Waals surface area contributed by atoms with Crippen molar-refractivity contribution in [2.45, 2.75) is 37.5 Å². The Morgan fingerprint density at radius 1 is 0.426 bits per heavy atom. The second-order valence-electron chi connectivity index (χ2n) is 14.8. The molecule has 3 nitrogen and oxygen atoms in total. The van der Waals surface area contributed by atoms with Crippen LogP contribution in [0.1, 0.15) is 48.8 Å². The van der Waals surface area contributed by atoms with Gasteiger partial charge in [-0.15, -0.1) is 0 Å². The van der Waals surface area contributed by atoms with Crippen LogP contribution >= 0.6 is 0 Å². The van der Waals surface area contributed by atoms with Crippen LogP contribution in [-0.2, 0) is 5.41 Å². The van der Waals surface area contributed by atoms with Crippen LogP contribution in [0.25, 0.3) is 78.1 Å². The molecule has 1 heterocycles. The summed E-state index contributed by atoms with van der Waals surface area (Å²) in [6, 6.07) is 60.7. The maximum absolute atomic E-state index is 9.72. The molecule has 0 aliphatic heterocycles. The standard InChI is InChI=1S/C51H37N3/c52-33-34-14-24-44-45-25-23-43(31-47(45)51(46(44)28-34)26-8-3-9-27-51)42-22-21-40-29-39(19-20-41(40)30-42)35-15-17-37(18-16-35)49-32-48(36-10-4-1-5-11-36)53-50(54-49)38-12-6-2-7-13-38/h1-2,4-7,10-25,28-32H,3,8-9,26-27H2. The van der Waals surface area contributed by atoms with E-state index in [1.807, 2.05) is 42.5 Å². The summed E-state index contributed by atoms with van der Waals surface area (Å²) in [6.07, 6.45) is 6.04. The number of fused-ring (bicyclic) bond motifs is 6. The zero-order valence-corrected chi connectivity index (χ0v) is 30.0. The largest absolute Gasteiger partial charge is 0.228 e. The average molecular weight is 692 g/mol. The maximum atomic E-state index is 9.72. The van der Waals surface area contributed by atoms with Crippen molar-refractivity contribution in [2.75, 3.05) is 0 Å². The van der Waals surface area contributed by atoms with Crippen molar-refractivity contribution in [2.24, 2.45) is 0 Å². The minimum absolute atomic E-state index is 0.00884. The van der Waals surface area contributed by atoms with Gasteiger partial charge in [-0.25, -0.2) is 9.97 Å². The molecule has 0 atom stereocenters. The summed E-state index contributed by atoms with van der Waals surface area (Å²) >= 11 is 0. The first-order valence-corrected chi connectivity index (χ1v) is 19.0. The highest BCUT2D eigenvalue weighted by atomic mass is 14.9. The van der Waals surface area contributed by atoms with Gasteiger partial charge in [-0.2, -0.15) is 5.26 Å². The molecule has 3 heteroatoms. The van der Waals surface area contributed by atoms with Crippen LogP contribution in [-0.4, -0.2) is 9.97 Å². The van der Waals surface area contributed by atoms with Crippen molar-refractivity contribution >= 4 is 10.8 Å². The van der Waals surface area contributed by atoms with Crippen LogP contribution in [0.5, 0.6) is 0 Å². The summed E-state index contributed by atoms with van der Waals surface area (Å²) < 4.78 is 0. The van der Waals surface area contributed by atoms with Crippen molar-refractivity contribution < 1.29 is 0 Å². The van der Waals surface area contributed by atoms with Gasteiger partial charge < -0.3 is 0 Å². The minimum atomic E-state index is 0.00884. The fraction of sp³-hybridized carbons (Fsp3) is 0.118. The molecule has 10 rings (SSSR count). The monoisotopic (exact) mass is 691 g/mol. The SMILES string of the molecule is N#Cc1ccc2c(c1)C1(CCCCC1)c1cc(-c3ccc4cc(-c5ccc(-c6cc(-c7ccccc7)nc(-c7ccccc7)n6)cc5)ccc4c3)ccc1-2. The Morgan fingerprint density at radius 3 is 1.57 bits per heavy atom. The Labute approximate surface area is 316 Å². The number of aromatic nitrogens is 2. The van der Waals surface area contributed by atoms with E-state index in [0.29, 0.717) is 0 Å². The maximum Gasteiger partial charge on any atom is 0.160 e.